The summed E-state index contributed by atoms with van der Waals surface area (Å²) in [6.07, 6.45) is 0.170. The van der Waals surface area contributed by atoms with Crippen LogP contribution in [0.25, 0.3) is 0 Å². The average molecular weight is 445 g/mol. The van der Waals surface area contributed by atoms with Crippen molar-refractivity contribution < 1.29 is 14.4 Å². The number of para-hydroxylation sites is 1. The van der Waals surface area contributed by atoms with Gasteiger partial charge in [0.1, 0.15) is 0 Å². The van der Waals surface area contributed by atoms with Crippen molar-refractivity contribution in [3.63, 3.8) is 0 Å². The Labute approximate surface area is 191 Å². The third-order valence-corrected chi connectivity index (χ3v) is 6.75. The van der Waals surface area contributed by atoms with Crippen LogP contribution < -0.4 is 10.2 Å². The fourth-order valence-electron chi connectivity index (χ4n) is 3.90. The van der Waals surface area contributed by atoms with Gasteiger partial charge < -0.3 is 5.32 Å². The molecular formula is C26H24N2O3S. The zero-order valence-corrected chi connectivity index (χ0v) is 19.0. The summed E-state index contributed by atoms with van der Waals surface area (Å²) < 4.78 is 0. The number of benzene rings is 3. The minimum absolute atomic E-state index is 0.163. The summed E-state index contributed by atoms with van der Waals surface area (Å²) in [4.78, 5) is 40.4. The number of nitrogens with one attached hydrogen (secondary N) is 1. The Morgan fingerprint density at radius 1 is 0.875 bits per heavy atom. The van der Waals surface area contributed by atoms with E-state index in [-0.39, 0.29) is 24.1 Å². The van der Waals surface area contributed by atoms with Crippen LogP contribution >= 0.6 is 11.8 Å². The lowest BCUT2D eigenvalue weighted by atomic mass is 10.1. The average Bonchev–Trinajstić information content (AvgIpc) is 3.03. The lowest BCUT2D eigenvalue weighted by Crippen LogP contribution is -2.32. The Balaban J connectivity index is 1.45. The molecule has 0 saturated carbocycles. The molecule has 6 heteroatoms. The fraction of sp³-hybridized carbons (Fsp3) is 0.192. The molecule has 1 aliphatic rings. The van der Waals surface area contributed by atoms with Crippen LogP contribution in [0.2, 0.25) is 0 Å². The summed E-state index contributed by atoms with van der Waals surface area (Å²) in [5.74, 6) is -0.523. The van der Waals surface area contributed by atoms with Gasteiger partial charge in [-0.2, -0.15) is 0 Å². The van der Waals surface area contributed by atoms with Gasteiger partial charge in [-0.3, -0.25) is 14.4 Å². The second kappa shape index (κ2) is 9.01. The van der Waals surface area contributed by atoms with Crippen LogP contribution in [0, 0.1) is 20.8 Å². The highest BCUT2D eigenvalue weighted by Crippen LogP contribution is 2.36. The van der Waals surface area contributed by atoms with Crippen LogP contribution in [-0.4, -0.2) is 23.0 Å². The maximum atomic E-state index is 13.1. The molecule has 32 heavy (non-hydrogen) atoms. The third-order valence-electron chi connectivity index (χ3n) is 5.55. The Kier molecular flexibility index (Phi) is 6.15. The monoisotopic (exact) mass is 444 g/mol. The minimum Gasteiger partial charge on any atom is -0.322 e. The van der Waals surface area contributed by atoms with Gasteiger partial charge >= 0.3 is 0 Å². The largest absolute Gasteiger partial charge is 0.322 e. The number of amides is 3. The summed E-state index contributed by atoms with van der Waals surface area (Å²) >= 11 is 1.37. The molecule has 0 aliphatic carbocycles. The standard InChI is InChI=1S/C26H24N2O3S/c1-16-7-4-5-10-21(16)25(30)27-19-11-13-20(14-12-19)32-22-15-23(29)28(26(22)31)24-17(2)8-6-9-18(24)3/h4-14,22H,15H2,1-3H3,(H,27,30). The molecule has 3 amide bonds. The van der Waals surface area contributed by atoms with Crippen LogP contribution in [0.1, 0.15) is 33.5 Å². The highest BCUT2D eigenvalue weighted by Gasteiger charge is 2.41. The minimum atomic E-state index is -0.464. The Morgan fingerprint density at radius 2 is 1.50 bits per heavy atom. The number of carbonyl (C=O) groups excluding carboxylic acids is 3. The lowest BCUT2D eigenvalue weighted by Gasteiger charge is -2.19. The van der Waals surface area contributed by atoms with Crippen LogP contribution in [0.3, 0.4) is 0 Å². The van der Waals surface area contributed by atoms with Crippen molar-refractivity contribution in [3.05, 3.63) is 89.0 Å². The third kappa shape index (κ3) is 4.32. The number of nitrogens with zero attached hydrogens (tertiary/aromatic N) is 1. The first kappa shape index (κ1) is 21.8. The number of rotatable bonds is 5. The molecule has 5 nitrogen and oxygen atoms in total. The van der Waals surface area contributed by atoms with Gasteiger partial charge in [-0.05, 0) is 67.8 Å². The van der Waals surface area contributed by atoms with Gasteiger partial charge in [0.05, 0.1) is 10.9 Å². The van der Waals surface area contributed by atoms with Gasteiger partial charge in [-0.25, -0.2) is 4.90 Å². The molecule has 1 N–H and O–H groups in total. The Bertz CT molecular complexity index is 1180. The van der Waals surface area contributed by atoms with E-state index in [4.69, 9.17) is 0 Å². The van der Waals surface area contributed by atoms with Gasteiger partial charge in [-0.15, -0.1) is 11.8 Å². The van der Waals surface area contributed by atoms with Gasteiger partial charge in [-0.1, -0.05) is 36.4 Å². The molecule has 3 aromatic carbocycles. The predicted molar refractivity (Wildman–Crippen MR) is 128 cm³/mol. The normalized spacial score (nSPS) is 15.8. The van der Waals surface area contributed by atoms with E-state index in [0.717, 1.165) is 21.6 Å². The molecule has 1 heterocycles. The Morgan fingerprint density at radius 3 is 2.16 bits per heavy atom. The van der Waals surface area contributed by atoms with E-state index >= 15 is 0 Å². The topological polar surface area (TPSA) is 66.5 Å². The molecule has 0 spiro atoms. The second-order valence-electron chi connectivity index (χ2n) is 7.91. The van der Waals surface area contributed by atoms with Crippen LogP contribution in [0.15, 0.2) is 71.6 Å². The molecule has 1 aliphatic heterocycles. The van der Waals surface area contributed by atoms with Crippen molar-refractivity contribution in [2.24, 2.45) is 0 Å². The number of anilines is 2. The molecule has 1 saturated heterocycles. The lowest BCUT2D eigenvalue weighted by molar-refractivity contribution is -0.121. The first-order valence-electron chi connectivity index (χ1n) is 10.4. The fourth-order valence-corrected chi connectivity index (χ4v) is 4.95. The number of imide groups is 1. The summed E-state index contributed by atoms with van der Waals surface area (Å²) in [7, 11) is 0. The van der Waals surface area contributed by atoms with Gasteiger partial charge in [0.2, 0.25) is 11.8 Å². The molecule has 162 valence electrons. The number of hydrogen-bond donors (Lipinski definition) is 1. The first-order valence-corrected chi connectivity index (χ1v) is 11.3. The molecule has 1 unspecified atom stereocenters. The smallest absolute Gasteiger partial charge is 0.255 e. The molecular weight excluding hydrogens is 420 g/mol. The summed E-state index contributed by atoms with van der Waals surface area (Å²) in [6, 6.07) is 20.5. The second-order valence-corrected chi connectivity index (χ2v) is 9.19. The van der Waals surface area contributed by atoms with Gasteiger partial charge in [0.15, 0.2) is 0 Å². The summed E-state index contributed by atoms with van der Waals surface area (Å²) in [6.45, 7) is 5.72. The van der Waals surface area contributed by atoms with Crippen LogP contribution in [0.5, 0.6) is 0 Å². The first-order chi connectivity index (χ1) is 15.3. The number of carbonyl (C=O) groups is 3. The molecule has 4 rings (SSSR count). The maximum absolute atomic E-state index is 13.1. The van der Waals surface area contributed by atoms with Crippen LogP contribution in [-0.2, 0) is 9.59 Å². The molecule has 1 fully saturated rings. The Hall–Kier alpha value is -3.38. The van der Waals surface area contributed by atoms with E-state index in [1.54, 1.807) is 6.07 Å². The van der Waals surface area contributed by atoms with E-state index in [9.17, 15) is 14.4 Å². The quantitative estimate of drug-likeness (QED) is 0.543. The van der Waals surface area contributed by atoms with Crippen molar-refractivity contribution in [2.45, 2.75) is 37.3 Å². The van der Waals surface area contributed by atoms with Gasteiger partial charge in [0.25, 0.3) is 5.91 Å². The van der Waals surface area contributed by atoms with E-state index in [0.29, 0.717) is 16.9 Å². The van der Waals surface area contributed by atoms with Crippen molar-refractivity contribution >= 4 is 40.9 Å². The molecule has 3 aromatic rings. The number of hydrogen-bond acceptors (Lipinski definition) is 4. The van der Waals surface area contributed by atoms with Crippen molar-refractivity contribution in [3.8, 4) is 0 Å². The van der Waals surface area contributed by atoms with E-state index in [1.165, 1.54) is 16.7 Å². The highest BCUT2D eigenvalue weighted by molar-refractivity contribution is 8.00. The maximum Gasteiger partial charge on any atom is 0.255 e. The zero-order chi connectivity index (χ0) is 22.8. The van der Waals surface area contributed by atoms with E-state index in [2.05, 4.69) is 5.32 Å². The molecule has 1 atom stereocenters. The molecule has 0 aromatic heterocycles. The van der Waals surface area contributed by atoms with Crippen molar-refractivity contribution in [1.29, 1.82) is 0 Å². The van der Waals surface area contributed by atoms with Crippen LogP contribution in [0.4, 0.5) is 11.4 Å². The van der Waals surface area contributed by atoms with E-state index < -0.39 is 5.25 Å². The predicted octanol–water partition coefficient (Wildman–Crippen LogP) is 5.29. The van der Waals surface area contributed by atoms with E-state index in [1.807, 2.05) is 81.4 Å². The highest BCUT2D eigenvalue weighted by atomic mass is 32.2. The van der Waals surface area contributed by atoms with Gasteiger partial charge in [0, 0.05) is 22.6 Å². The SMILES string of the molecule is Cc1ccccc1C(=O)Nc1ccc(SC2CC(=O)N(c3c(C)cccc3C)C2=O)cc1. The summed E-state index contributed by atoms with van der Waals surface area (Å²) in [5.41, 5.74) is 4.73. The summed E-state index contributed by atoms with van der Waals surface area (Å²) in [5, 5.41) is 2.44. The molecule has 0 radical (unpaired) electrons. The van der Waals surface area contributed by atoms with Crippen molar-refractivity contribution in [1.82, 2.24) is 0 Å². The molecule has 0 bridgehead atoms. The van der Waals surface area contributed by atoms with Crippen molar-refractivity contribution in [2.75, 3.05) is 10.2 Å². The zero-order valence-electron chi connectivity index (χ0n) is 18.2. The number of aryl methyl sites for hydroxylation is 3. The number of thioether (sulfide) groups is 1.